The van der Waals surface area contributed by atoms with Crippen molar-refractivity contribution in [1.29, 1.82) is 0 Å². The van der Waals surface area contributed by atoms with E-state index in [1.807, 2.05) is 18.2 Å². The van der Waals surface area contributed by atoms with Gasteiger partial charge < -0.3 is 10.1 Å². The molecule has 4 rings (SSSR count). The second-order valence-corrected chi connectivity index (χ2v) is 10.6. The van der Waals surface area contributed by atoms with Crippen LogP contribution >= 0.6 is 11.6 Å². The molecule has 0 unspecified atom stereocenters. The van der Waals surface area contributed by atoms with Gasteiger partial charge in [-0.3, -0.25) is 9.10 Å². The van der Waals surface area contributed by atoms with Crippen molar-refractivity contribution in [1.82, 2.24) is 5.32 Å². The van der Waals surface area contributed by atoms with Crippen LogP contribution in [0.1, 0.15) is 18.4 Å². The van der Waals surface area contributed by atoms with Gasteiger partial charge in [0.15, 0.2) is 0 Å². The number of rotatable bonds is 8. The van der Waals surface area contributed by atoms with Gasteiger partial charge in [-0.05, 0) is 54.8 Å². The molecule has 1 fully saturated rings. The zero-order valence-corrected chi connectivity index (χ0v) is 20.3. The zero-order chi connectivity index (χ0) is 24.0. The van der Waals surface area contributed by atoms with Gasteiger partial charge in [0.1, 0.15) is 6.54 Å². The van der Waals surface area contributed by atoms with Crippen molar-refractivity contribution < 1.29 is 17.9 Å². The molecule has 1 saturated heterocycles. The Morgan fingerprint density at radius 3 is 2.12 bits per heavy atom. The molecule has 0 aromatic heterocycles. The Bertz CT molecular complexity index is 1200. The van der Waals surface area contributed by atoms with Crippen molar-refractivity contribution in [3.05, 3.63) is 95.5 Å². The normalized spacial score (nSPS) is 15.4. The largest absolute Gasteiger partial charge is 0.381 e. The second kappa shape index (κ2) is 10.6. The summed E-state index contributed by atoms with van der Waals surface area (Å²) in [6.45, 7) is 1.29. The maximum Gasteiger partial charge on any atom is 0.264 e. The number of halogens is 1. The van der Waals surface area contributed by atoms with Crippen LogP contribution < -0.4 is 9.62 Å². The molecule has 3 aromatic carbocycles. The Hall–Kier alpha value is -2.87. The van der Waals surface area contributed by atoms with Crippen LogP contribution in [0, 0.1) is 0 Å². The predicted octanol–water partition coefficient (Wildman–Crippen LogP) is 4.40. The average Bonchev–Trinajstić information content (AvgIpc) is 2.88. The van der Waals surface area contributed by atoms with E-state index in [1.165, 1.54) is 12.1 Å². The van der Waals surface area contributed by atoms with Gasteiger partial charge in [0, 0.05) is 30.2 Å². The second-order valence-electron chi connectivity index (χ2n) is 8.34. The lowest BCUT2D eigenvalue weighted by molar-refractivity contribution is -0.120. The Kier molecular flexibility index (Phi) is 7.56. The SMILES string of the molecule is O=C(CN(c1ccc(Cl)cc1)S(=O)(=O)c1ccccc1)NCC1(c2ccccc2)CCOCC1. The number of nitrogens with zero attached hydrogens (tertiary/aromatic N) is 1. The highest BCUT2D eigenvalue weighted by Crippen LogP contribution is 2.34. The third-order valence-electron chi connectivity index (χ3n) is 6.19. The Balaban J connectivity index is 1.56. The smallest absolute Gasteiger partial charge is 0.264 e. The van der Waals surface area contributed by atoms with Crippen LogP contribution in [-0.2, 0) is 25.0 Å². The molecule has 1 amide bonds. The van der Waals surface area contributed by atoms with Crippen LogP contribution in [0.5, 0.6) is 0 Å². The first-order valence-corrected chi connectivity index (χ1v) is 13.0. The highest BCUT2D eigenvalue weighted by atomic mass is 35.5. The molecule has 0 saturated carbocycles. The molecule has 34 heavy (non-hydrogen) atoms. The van der Waals surface area contributed by atoms with E-state index < -0.39 is 10.0 Å². The summed E-state index contributed by atoms with van der Waals surface area (Å²) in [6, 6.07) is 24.6. The Morgan fingerprint density at radius 2 is 1.50 bits per heavy atom. The first-order valence-electron chi connectivity index (χ1n) is 11.1. The monoisotopic (exact) mass is 498 g/mol. The summed E-state index contributed by atoms with van der Waals surface area (Å²) in [5, 5.41) is 3.48. The average molecular weight is 499 g/mol. The van der Waals surface area contributed by atoms with E-state index in [0.717, 1.165) is 22.7 Å². The molecule has 1 N–H and O–H groups in total. The molecule has 1 aliphatic rings. The molecular formula is C26H27ClN2O4S. The summed E-state index contributed by atoms with van der Waals surface area (Å²) in [7, 11) is -3.96. The van der Waals surface area contributed by atoms with Crippen LogP contribution in [0.2, 0.25) is 5.02 Å². The Labute approximate surface area is 205 Å². The fourth-order valence-electron chi connectivity index (χ4n) is 4.22. The molecule has 178 valence electrons. The van der Waals surface area contributed by atoms with Gasteiger partial charge in [-0.2, -0.15) is 0 Å². The van der Waals surface area contributed by atoms with Crippen LogP contribution in [0.3, 0.4) is 0 Å². The van der Waals surface area contributed by atoms with Crippen LogP contribution in [0.4, 0.5) is 5.69 Å². The van der Waals surface area contributed by atoms with Gasteiger partial charge in [0.05, 0.1) is 10.6 Å². The Morgan fingerprint density at radius 1 is 0.912 bits per heavy atom. The number of hydrogen-bond donors (Lipinski definition) is 1. The summed E-state index contributed by atoms with van der Waals surface area (Å²) >= 11 is 6.01. The minimum absolute atomic E-state index is 0.114. The predicted molar refractivity (Wildman–Crippen MR) is 134 cm³/mol. The molecule has 0 spiro atoms. The molecule has 6 nitrogen and oxygen atoms in total. The number of carbonyl (C=O) groups excluding carboxylic acids is 1. The molecular weight excluding hydrogens is 472 g/mol. The maximum absolute atomic E-state index is 13.4. The lowest BCUT2D eigenvalue weighted by Crippen LogP contribution is -2.48. The van der Waals surface area contributed by atoms with Crippen molar-refractivity contribution in [3.8, 4) is 0 Å². The summed E-state index contributed by atoms with van der Waals surface area (Å²) in [4.78, 5) is 13.2. The molecule has 3 aromatic rings. The van der Waals surface area contributed by atoms with E-state index in [-0.39, 0.29) is 22.8 Å². The summed E-state index contributed by atoms with van der Waals surface area (Å²) in [5.41, 5.74) is 1.26. The summed E-state index contributed by atoms with van der Waals surface area (Å²) in [5.74, 6) is -0.378. The number of ether oxygens (including phenoxy) is 1. The quantitative estimate of drug-likeness (QED) is 0.499. The number of nitrogens with one attached hydrogen (secondary N) is 1. The maximum atomic E-state index is 13.4. The van der Waals surface area contributed by atoms with Crippen molar-refractivity contribution in [3.63, 3.8) is 0 Å². The highest BCUT2D eigenvalue weighted by Gasteiger charge is 2.35. The topological polar surface area (TPSA) is 75.7 Å². The molecule has 0 radical (unpaired) electrons. The lowest BCUT2D eigenvalue weighted by Gasteiger charge is -2.38. The van der Waals surface area contributed by atoms with Gasteiger partial charge in [0.2, 0.25) is 5.91 Å². The van der Waals surface area contributed by atoms with Gasteiger partial charge in [-0.15, -0.1) is 0 Å². The van der Waals surface area contributed by atoms with E-state index in [0.29, 0.717) is 30.5 Å². The molecule has 0 aliphatic carbocycles. The van der Waals surface area contributed by atoms with Gasteiger partial charge in [-0.25, -0.2) is 8.42 Å². The third kappa shape index (κ3) is 5.43. The summed E-state index contributed by atoms with van der Waals surface area (Å²) in [6.07, 6.45) is 1.56. The van der Waals surface area contributed by atoms with E-state index in [4.69, 9.17) is 16.3 Å². The van der Waals surface area contributed by atoms with Crippen LogP contribution in [0.15, 0.2) is 89.8 Å². The van der Waals surface area contributed by atoms with Crippen molar-refractivity contribution in [2.75, 3.05) is 30.6 Å². The van der Waals surface area contributed by atoms with Crippen LogP contribution in [-0.4, -0.2) is 40.6 Å². The fraction of sp³-hybridized carbons (Fsp3) is 0.269. The van der Waals surface area contributed by atoms with E-state index in [9.17, 15) is 13.2 Å². The molecule has 1 heterocycles. The number of hydrogen-bond acceptors (Lipinski definition) is 4. The van der Waals surface area contributed by atoms with Crippen LogP contribution in [0.25, 0.3) is 0 Å². The third-order valence-corrected chi connectivity index (χ3v) is 8.23. The molecule has 0 bridgehead atoms. The molecule has 0 atom stereocenters. The first-order chi connectivity index (χ1) is 16.4. The highest BCUT2D eigenvalue weighted by molar-refractivity contribution is 7.92. The van der Waals surface area contributed by atoms with Gasteiger partial charge in [0.25, 0.3) is 10.0 Å². The van der Waals surface area contributed by atoms with Gasteiger partial charge >= 0.3 is 0 Å². The lowest BCUT2D eigenvalue weighted by atomic mass is 9.74. The minimum atomic E-state index is -3.96. The zero-order valence-electron chi connectivity index (χ0n) is 18.7. The van der Waals surface area contributed by atoms with Gasteiger partial charge in [-0.1, -0.05) is 60.1 Å². The fourth-order valence-corrected chi connectivity index (χ4v) is 5.79. The van der Waals surface area contributed by atoms with Crippen molar-refractivity contribution in [2.24, 2.45) is 0 Å². The molecule has 1 aliphatic heterocycles. The minimum Gasteiger partial charge on any atom is -0.381 e. The summed E-state index contributed by atoms with van der Waals surface area (Å²) < 4.78 is 33.6. The van der Waals surface area contributed by atoms with E-state index in [2.05, 4.69) is 17.4 Å². The number of anilines is 1. The van der Waals surface area contributed by atoms with E-state index in [1.54, 1.807) is 42.5 Å². The standard InChI is InChI=1S/C26H27ClN2O4S/c27-22-11-13-23(14-12-22)29(34(31,32)24-9-5-2-6-10-24)19-25(30)28-20-26(15-17-33-18-16-26)21-7-3-1-4-8-21/h1-14H,15-20H2,(H,28,30). The van der Waals surface area contributed by atoms with E-state index >= 15 is 0 Å². The number of benzene rings is 3. The number of sulfonamides is 1. The molecule has 8 heteroatoms. The number of amides is 1. The first kappa shape index (κ1) is 24.3. The number of carbonyl (C=O) groups is 1. The van der Waals surface area contributed by atoms with Crippen molar-refractivity contribution in [2.45, 2.75) is 23.2 Å². The van der Waals surface area contributed by atoms with Crippen molar-refractivity contribution >= 4 is 33.2 Å².